The molecule has 22 heavy (non-hydrogen) atoms. The fourth-order valence-electron chi connectivity index (χ4n) is 1.93. The van der Waals surface area contributed by atoms with Crippen molar-refractivity contribution in [3.05, 3.63) is 48.0 Å². The van der Waals surface area contributed by atoms with Crippen molar-refractivity contribution < 1.29 is 14.0 Å². The SMILES string of the molecule is CC(=O)Nc1cnn(CC(=O)N(C)Cc2ccc(F)cc2)c1. The van der Waals surface area contributed by atoms with Gasteiger partial charge >= 0.3 is 0 Å². The number of aromatic nitrogens is 2. The van der Waals surface area contributed by atoms with E-state index in [0.717, 1.165) is 5.56 Å². The van der Waals surface area contributed by atoms with E-state index in [2.05, 4.69) is 10.4 Å². The van der Waals surface area contributed by atoms with Crippen molar-refractivity contribution in [3.63, 3.8) is 0 Å². The van der Waals surface area contributed by atoms with E-state index in [4.69, 9.17) is 0 Å². The number of carbonyl (C=O) groups is 2. The normalized spacial score (nSPS) is 10.3. The first-order chi connectivity index (χ1) is 10.4. The van der Waals surface area contributed by atoms with Gasteiger partial charge in [0.15, 0.2) is 0 Å². The standard InChI is InChI=1S/C15H17FN4O2/c1-11(21)18-14-7-17-20(9-14)10-15(22)19(2)8-12-3-5-13(16)6-4-12/h3-7,9H,8,10H2,1-2H3,(H,18,21). The lowest BCUT2D eigenvalue weighted by molar-refractivity contribution is -0.131. The Labute approximate surface area is 127 Å². The van der Waals surface area contributed by atoms with Crippen LogP contribution in [0.1, 0.15) is 12.5 Å². The van der Waals surface area contributed by atoms with Crippen LogP contribution in [0.15, 0.2) is 36.7 Å². The number of anilines is 1. The molecular weight excluding hydrogens is 287 g/mol. The van der Waals surface area contributed by atoms with Gasteiger partial charge in [-0.15, -0.1) is 0 Å². The molecule has 1 aromatic heterocycles. The van der Waals surface area contributed by atoms with Crippen molar-refractivity contribution in [2.24, 2.45) is 0 Å². The Morgan fingerprint density at radius 2 is 2.00 bits per heavy atom. The Morgan fingerprint density at radius 1 is 1.32 bits per heavy atom. The topological polar surface area (TPSA) is 67.2 Å². The number of rotatable bonds is 5. The molecule has 0 aliphatic carbocycles. The summed E-state index contributed by atoms with van der Waals surface area (Å²) < 4.78 is 14.3. The van der Waals surface area contributed by atoms with Gasteiger partial charge in [0.05, 0.1) is 11.9 Å². The number of benzene rings is 1. The smallest absolute Gasteiger partial charge is 0.244 e. The molecule has 2 aromatic rings. The summed E-state index contributed by atoms with van der Waals surface area (Å²) in [6, 6.07) is 6.01. The van der Waals surface area contributed by atoms with Crippen molar-refractivity contribution in [1.82, 2.24) is 14.7 Å². The monoisotopic (exact) mass is 304 g/mol. The molecule has 0 radical (unpaired) electrons. The largest absolute Gasteiger partial charge is 0.340 e. The molecule has 0 spiro atoms. The molecule has 116 valence electrons. The van der Waals surface area contributed by atoms with E-state index in [1.807, 2.05) is 0 Å². The molecule has 0 aliphatic heterocycles. The zero-order valence-corrected chi connectivity index (χ0v) is 12.4. The van der Waals surface area contributed by atoms with E-state index in [1.165, 1.54) is 34.8 Å². The second-order valence-electron chi connectivity index (χ2n) is 4.98. The molecule has 1 heterocycles. The van der Waals surface area contributed by atoms with Gasteiger partial charge in [-0.1, -0.05) is 12.1 Å². The second-order valence-corrected chi connectivity index (χ2v) is 4.98. The minimum absolute atomic E-state index is 0.0667. The van der Waals surface area contributed by atoms with Gasteiger partial charge in [0.1, 0.15) is 12.4 Å². The number of nitrogens with one attached hydrogen (secondary N) is 1. The summed E-state index contributed by atoms with van der Waals surface area (Å²) in [6.45, 7) is 1.86. The van der Waals surface area contributed by atoms with E-state index >= 15 is 0 Å². The zero-order chi connectivity index (χ0) is 16.1. The van der Waals surface area contributed by atoms with Gasteiger partial charge in [-0.2, -0.15) is 5.10 Å². The molecule has 1 N–H and O–H groups in total. The molecule has 0 bridgehead atoms. The number of hydrogen-bond donors (Lipinski definition) is 1. The van der Waals surface area contributed by atoms with Gasteiger partial charge < -0.3 is 10.2 Å². The van der Waals surface area contributed by atoms with Gasteiger partial charge in [-0.25, -0.2) is 4.39 Å². The maximum Gasteiger partial charge on any atom is 0.244 e. The van der Waals surface area contributed by atoms with E-state index in [1.54, 1.807) is 25.4 Å². The molecule has 0 saturated carbocycles. The highest BCUT2D eigenvalue weighted by molar-refractivity contribution is 5.88. The van der Waals surface area contributed by atoms with Gasteiger partial charge in [0, 0.05) is 26.7 Å². The molecule has 0 atom stereocenters. The first-order valence-corrected chi connectivity index (χ1v) is 6.72. The van der Waals surface area contributed by atoms with E-state index in [0.29, 0.717) is 12.2 Å². The van der Waals surface area contributed by atoms with Crippen LogP contribution in [0.2, 0.25) is 0 Å². The van der Waals surface area contributed by atoms with Gasteiger partial charge in [0.25, 0.3) is 0 Å². The van der Waals surface area contributed by atoms with Crippen LogP contribution in [0, 0.1) is 5.82 Å². The fourth-order valence-corrected chi connectivity index (χ4v) is 1.93. The number of hydrogen-bond acceptors (Lipinski definition) is 3. The summed E-state index contributed by atoms with van der Waals surface area (Å²) in [4.78, 5) is 24.6. The molecule has 2 amide bonds. The first-order valence-electron chi connectivity index (χ1n) is 6.72. The van der Waals surface area contributed by atoms with Crippen LogP contribution in [-0.4, -0.2) is 33.5 Å². The van der Waals surface area contributed by atoms with Crippen LogP contribution in [0.25, 0.3) is 0 Å². The number of likely N-dealkylation sites (N-methyl/N-ethyl adjacent to an activating group) is 1. The summed E-state index contributed by atoms with van der Waals surface area (Å²) in [7, 11) is 1.67. The van der Waals surface area contributed by atoms with Crippen LogP contribution in [0.5, 0.6) is 0 Å². The Balaban J connectivity index is 1.92. The quantitative estimate of drug-likeness (QED) is 0.913. The number of halogens is 1. The Bertz CT molecular complexity index is 666. The summed E-state index contributed by atoms with van der Waals surface area (Å²) in [6.07, 6.45) is 3.07. The number of amides is 2. The van der Waals surface area contributed by atoms with Crippen molar-refractivity contribution in [3.8, 4) is 0 Å². The van der Waals surface area contributed by atoms with Gasteiger partial charge in [-0.3, -0.25) is 14.3 Å². The molecular formula is C15H17FN4O2. The zero-order valence-electron chi connectivity index (χ0n) is 12.4. The highest BCUT2D eigenvalue weighted by atomic mass is 19.1. The second kappa shape index (κ2) is 6.84. The Hall–Kier alpha value is -2.70. The lowest BCUT2D eigenvalue weighted by atomic mass is 10.2. The third kappa shape index (κ3) is 4.41. The van der Waals surface area contributed by atoms with E-state index in [9.17, 15) is 14.0 Å². The average Bonchev–Trinajstić information content (AvgIpc) is 2.87. The molecule has 0 saturated heterocycles. The predicted octanol–water partition coefficient (Wildman–Crippen LogP) is 1.64. The molecule has 7 heteroatoms. The van der Waals surface area contributed by atoms with Crippen LogP contribution in [0.3, 0.4) is 0 Å². The van der Waals surface area contributed by atoms with Gasteiger partial charge in [0.2, 0.25) is 11.8 Å². The number of carbonyl (C=O) groups excluding carboxylic acids is 2. The summed E-state index contributed by atoms with van der Waals surface area (Å²) >= 11 is 0. The van der Waals surface area contributed by atoms with Crippen LogP contribution in [-0.2, 0) is 22.7 Å². The lowest BCUT2D eigenvalue weighted by Crippen LogP contribution is -2.29. The van der Waals surface area contributed by atoms with Crippen LogP contribution in [0.4, 0.5) is 10.1 Å². The predicted molar refractivity (Wildman–Crippen MR) is 79.4 cm³/mol. The maximum absolute atomic E-state index is 12.8. The third-order valence-corrected chi connectivity index (χ3v) is 3.01. The van der Waals surface area contributed by atoms with Crippen LogP contribution >= 0.6 is 0 Å². The summed E-state index contributed by atoms with van der Waals surface area (Å²) in [5.74, 6) is -0.638. The minimum atomic E-state index is -0.306. The average molecular weight is 304 g/mol. The first kappa shape index (κ1) is 15.7. The van der Waals surface area contributed by atoms with Crippen LogP contribution < -0.4 is 5.32 Å². The van der Waals surface area contributed by atoms with Crippen molar-refractivity contribution in [2.75, 3.05) is 12.4 Å². The number of nitrogens with zero attached hydrogens (tertiary/aromatic N) is 3. The molecule has 0 aliphatic rings. The highest BCUT2D eigenvalue weighted by Gasteiger charge is 2.11. The molecule has 1 aromatic carbocycles. The molecule has 0 fully saturated rings. The minimum Gasteiger partial charge on any atom is -0.340 e. The summed E-state index contributed by atoms with van der Waals surface area (Å²) in [5, 5.41) is 6.61. The Kier molecular flexibility index (Phi) is 4.88. The Morgan fingerprint density at radius 3 is 2.64 bits per heavy atom. The fraction of sp³-hybridized carbons (Fsp3) is 0.267. The molecule has 2 rings (SSSR count). The van der Waals surface area contributed by atoms with Gasteiger partial charge in [-0.05, 0) is 17.7 Å². The molecule has 6 nitrogen and oxygen atoms in total. The van der Waals surface area contributed by atoms with E-state index in [-0.39, 0.29) is 24.2 Å². The van der Waals surface area contributed by atoms with Crippen molar-refractivity contribution in [2.45, 2.75) is 20.0 Å². The maximum atomic E-state index is 12.8. The summed E-state index contributed by atoms with van der Waals surface area (Å²) in [5.41, 5.74) is 1.39. The highest BCUT2D eigenvalue weighted by Crippen LogP contribution is 2.08. The lowest BCUT2D eigenvalue weighted by Gasteiger charge is -2.17. The van der Waals surface area contributed by atoms with E-state index < -0.39 is 0 Å². The molecule has 0 unspecified atom stereocenters. The van der Waals surface area contributed by atoms with Crippen molar-refractivity contribution >= 4 is 17.5 Å². The van der Waals surface area contributed by atoms with Crippen molar-refractivity contribution in [1.29, 1.82) is 0 Å². The third-order valence-electron chi connectivity index (χ3n) is 3.01.